The molecule has 1 heterocycles. The molecule has 0 amide bonds. The van der Waals surface area contributed by atoms with Crippen LogP contribution in [0.4, 0.5) is 0 Å². The summed E-state index contributed by atoms with van der Waals surface area (Å²) < 4.78 is 0. The second-order valence-electron chi connectivity index (χ2n) is 2.03. The largest absolute Gasteiger partial charge is 0.348 e. The van der Waals surface area contributed by atoms with Gasteiger partial charge >= 0.3 is 0 Å². The Balaban J connectivity index is 2.65. The highest BCUT2D eigenvalue weighted by Crippen LogP contribution is 2.11. The van der Waals surface area contributed by atoms with E-state index in [2.05, 4.69) is 32.8 Å². The second kappa shape index (κ2) is 3.01. The van der Waals surface area contributed by atoms with Crippen LogP contribution in [0.2, 0.25) is 0 Å². The molecule has 1 rings (SSSR count). The Morgan fingerprint density at radius 2 is 2.67 bits per heavy atom. The van der Waals surface area contributed by atoms with Crippen LogP contribution in [0.5, 0.6) is 0 Å². The van der Waals surface area contributed by atoms with Crippen molar-refractivity contribution < 1.29 is 0 Å². The monoisotopic (exact) mass is 188 g/mol. The summed E-state index contributed by atoms with van der Waals surface area (Å²) in [4.78, 5) is 7.15. The molecule has 0 radical (unpaired) electrons. The summed E-state index contributed by atoms with van der Waals surface area (Å²) in [5.41, 5.74) is 0. The maximum atomic E-state index is 4.10. The van der Waals surface area contributed by atoms with Crippen molar-refractivity contribution in [1.29, 1.82) is 0 Å². The number of nitrogens with zero attached hydrogens (tertiary/aromatic N) is 1. The van der Waals surface area contributed by atoms with Crippen LogP contribution < -0.4 is 0 Å². The molecule has 0 aliphatic carbocycles. The third-order valence-corrected chi connectivity index (χ3v) is 2.19. The van der Waals surface area contributed by atoms with Crippen molar-refractivity contribution in [2.45, 2.75) is 12.8 Å². The second-order valence-corrected chi connectivity index (χ2v) is 2.68. The molecule has 0 aromatic carbocycles. The van der Waals surface area contributed by atoms with E-state index in [4.69, 9.17) is 0 Å². The fourth-order valence-corrected chi connectivity index (χ4v) is 0.927. The lowest BCUT2D eigenvalue weighted by atomic mass is 10.2. The number of halogens is 1. The maximum Gasteiger partial charge on any atom is 0.109 e. The molecule has 2 nitrogen and oxygen atoms in total. The summed E-state index contributed by atoms with van der Waals surface area (Å²) in [6.45, 7) is 2.12. The standard InChI is InChI=1S/C6H9BrN2/c1-5(4-7)6-8-2-3-9-6/h2-3,5H,4H2,1H3,(H,8,9). The van der Waals surface area contributed by atoms with Crippen molar-refractivity contribution in [3.63, 3.8) is 0 Å². The van der Waals surface area contributed by atoms with Gasteiger partial charge in [-0.15, -0.1) is 0 Å². The first-order valence-electron chi connectivity index (χ1n) is 2.90. The van der Waals surface area contributed by atoms with Gasteiger partial charge in [0.05, 0.1) is 0 Å². The topological polar surface area (TPSA) is 28.7 Å². The molecule has 0 saturated heterocycles. The lowest BCUT2D eigenvalue weighted by Gasteiger charge is -2.00. The van der Waals surface area contributed by atoms with E-state index in [-0.39, 0.29) is 0 Å². The molecule has 9 heavy (non-hydrogen) atoms. The Morgan fingerprint density at radius 1 is 1.89 bits per heavy atom. The van der Waals surface area contributed by atoms with E-state index in [1.807, 2.05) is 6.20 Å². The zero-order valence-corrected chi connectivity index (χ0v) is 6.85. The van der Waals surface area contributed by atoms with Crippen LogP contribution in [0.15, 0.2) is 12.4 Å². The van der Waals surface area contributed by atoms with Crippen molar-refractivity contribution in [1.82, 2.24) is 9.97 Å². The first-order valence-corrected chi connectivity index (χ1v) is 4.02. The van der Waals surface area contributed by atoms with Crippen molar-refractivity contribution >= 4 is 15.9 Å². The summed E-state index contributed by atoms with van der Waals surface area (Å²) in [5, 5.41) is 0.959. The molecule has 3 heteroatoms. The summed E-state index contributed by atoms with van der Waals surface area (Å²) in [6, 6.07) is 0. The number of rotatable bonds is 2. The minimum absolute atomic E-state index is 0.486. The van der Waals surface area contributed by atoms with Gasteiger partial charge in [-0.2, -0.15) is 0 Å². The maximum absolute atomic E-state index is 4.10. The molecule has 0 aliphatic rings. The predicted molar refractivity (Wildman–Crippen MR) is 40.8 cm³/mol. The Labute approximate surface area is 62.8 Å². The molecule has 0 fully saturated rings. The fraction of sp³-hybridized carbons (Fsp3) is 0.500. The van der Waals surface area contributed by atoms with E-state index in [1.54, 1.807) is 6.20 Å². The van der Waals surface area contributed by atoms with E-state index in [1.165, 1.54) is 0 Å². The molecule has 0 saturated carbocycles. The lowest BCUT2D eigenvalue weighted by molar-refractivity contribution is 0.811. The third kappa shape index (κ3) is 1.55. The third-order valence-electron chi connectivity index (χ3n) is 1.22. The van der Waals surface area contributed by atoms with Crippen LogP contribution >= 0.6 is 15.9 Å². The number of aromatic amines is 1. The molecule has 0 bridgehead atoms. The van der Waals surface area contributed by atoms with Gasteiger partial charge in [-0.3, -0.25) is 0 Å². The van der Waals surface area contributed by atoms with Gasteiger partial charge in [0.1, 0.15) is 5.82 Å². The summed E-state index contributed by atoms with van der Waals surface area (Å²) in [6.07, 6.45) is 3.61. The Bertz CT molecular complexity index is 160. The van der Waals surface area contributed by atoms with Crippen molar-refractivity contribution in [2.24, 2.45) is 0 Å². The zero-order valence-electron chi connectivity index (χ0n) is 5.26. The normalized spacial score (nSPS) is 13.6. The van der Waals surface area contributed by atoms with Crippen LogP contribution in [-0.4, -0.2) is 15.3 Å². The van der Waals surface area contributed by atoms with Crippen LogP contribution in [0.3, 0.4) is 0 Å². The van der Waals surface area contributed by atoms with Gasteiger partial charge in [-0.25, -0.2) is 4.98 Å². The Morgan fingerprint density at radius 3 is 3.11 bits per heavy atom. The molecule has 1 atom stereocenters. The van der Waals surface area contributed by atoms with Crippen molar-refractivity contribution in [2.75, 3.05) is 5.33 Å². The number of hydrogen-bond donors (Lipinski definition) is 1. The SMILES string of the molecule is CC(CBr)c1ncc[nH]1. The molecule has 1 N–H and O–H groups in total. The molecular formula is C6H9BrN2. The van der Waals surface area contributed by atoms with Crippen LogP contribution in [0, 0.1) is 0 Å². The highest BCUT2D eigenvalue weighted by molar-refractivity contribution is 9.09. The average Bonchev–Trinajstić information content (AvgIpc) is 2.37. The number of imidazole rings is 1. The Kier molecular flexibility index (Phi) is 2.28. The molecule has 1 aromatic heterocycles. The number of aromatic nitrogens is 2. The molecule has 1 unspecified atom stereocenters. The molecule has 0 spiro atoms. The van der Waals surface area contributed by atoms with Crippen LogP contribution in [0.25, 0.3) is 0 Å². The fourth-order valence-electron chi connectivity index (χ4n) is 0.620. The average molecular weight is 189 g/mol. The minimum atomic E-state index is 0.486. The van der Waals surface area contributed by atoms with E-state index in [9.17, 15) is 0 Å². The van der Waals surface area contributed by atoms with Crippen LogP contribution in [0.1, 0.15) is 18.7 Å². The van der Waals surface area contributed by atoms with Crippen molar-refractivity contribution in [3.8, 4) is 0 Å². The highest BCUT2D eigenvalue weighted by Gasteiger charge is 2.03. The van der Waals surface area contributed by atoms with Gasteiger partial charge in [-0.05, 0) is 0 Å². The quantitative estimate of drug-likeness (QED) is 0.707. The van der Waals surface area contributed by atoms with E-state index in [0.29, 0.717) is 5.92 Å². The summed E-state index contributed by atoms with van der Waals surface area (Å²) in [7, 11) is 0. The number of hydrogen-bond acceptors (Lipinski definition) is 1. The molecule has 1 aromatic rings. The van der Waals surface area contributed by atoms with Gasteiger partial charge in [0.15, 0.2) is 0 Å². The molecule has 0 aliphatic heterocycles. The van der Waals surface area contributed by atoms with E-state index in [0.717, 1.165) is 11.2 Å². The number of H-pyrrole nitrogens is 1. The number of nitrogens with one attached hydrogen (secondary N) is 1. The van der Waals surface area contributed by atoms with Crippen LogP contribution in [-0.2, 0) is 0 Å². The van der Waals surface area contributed by atoms with Gasteiger partial charge in [-0.1, -0.05) is 22.9 Å². The summed E-state index contributed by atoms with van der Waals surface area (Å²) >= 11 is 3.38. The first kappa shape index (κ1) is 6.81. The molecular weight excluding hydrogens is 180 g/mol. The van der Waals surface area contributed by atoms with Gasteiger partial charge in [0.25, 0.3) is 0 Å². The highest BCUT2D eigenvalue weighted by atomic mass is 79.9. The summed E-state index contributed by atoms with van der Waals surface area (Å²) in [5.74, 6) is 1.53. The smallest absolute Gasteiger partial charge is 0.109 e. The van der Waals surface area contributed by atoms with Gasteiger partial charge in [0.2, 0.25) is 0 Å². The minimum Gasteiger partial charge on any atom is -0.348 e. The van der Waals surface area contributed by atoms with Gasteiger partial charge < -0.3 is 4.98 Å². The van der Waals surface area contributed by atoms with Gasteiger partial charge in [0, 0.05) is 23.6 Å². The predicted octanol–water partition coefficient (Wildman–Crippen LogP) is 1.91. The zero-order chi connectivity index (χ0) is 6.69. The van der Waals surface area contributed by atoms with E-state index >= 15 is 0 Å². The molecule has 50 valence electrons. The Hall–Kier alpha value is -0.310. The van der Waals surface area contributed by atoms with Crippen molar-refractivity contribution in [3.05, 3.63) is 18.2 Å². The lowest BCUT2D eigenvalue weighted by Crippen LogP contribution is -1.95. The number of alkyl halides is 1. The first-order chi connectivity index (χ1) is 4.34. The van der Waals surface area contributed by atoms with E-state index < -0.39 is 0 Å².